The van der Waals surface area contributed by atoms with Gasteiger partial charge in [-0.15, -0.1) is 0 Å². The van der Waals surface area contributed by atoms with Gasteiger partial charge in [-0.2, -0.15) is 0 Å². The van der Waals surface area contributed by atoms with Crippen LogP contribution in [0.5, 0.6) is 5.75 Å². The maximum Gasteiger partial charge on any atom is 0.347 e. The van der Waals surface area contributed by atoms with Crippen molar-refractivity contribution in [3.05, 3.63) is 60.2 Å². The number of ether oxygens (including phenoxy) is 2. The number of esters is 1. The summed E-state index contributed by atoms with van der Waals surface area (Å²) in [5, 5.41) is 2.80. The Morgan fingerprint density at radius 3 is 2.31 bits per heavy atom. The van der Waals surface area contributed by atoms with Crippen molar-refractivity contribution in [3.8, 4) is 5.75 Å². The lowest BCUT2D eigenvalue weighted by Gasteiger charge is -2.17. The summed E-state index contributed by atoms with van der Waals surface area (Å²) >= 11 is 0. The molecule has 0 fully saturated rings. The fourth-order valence-corrected chi connectivity index (χ4v) is 2.49. The van der Waals surface area contributed by atoms with E-state index in [-0.39, 0.29) is 18.4 Å². The van der Waals surface area contributed by atoms with Crippen LogP contribution in [0.4, 0.5) is 5.69 Å². The number of carbonyl (C=O) groups excluding carboxylic acids is 2. The molecule has 0 unspecified atom stereocenters. The van der Waals surface area contributed by atoms with Crippen molar-refractivity contribution >= 4 is 17.6 Å². The number of hydrogen-bond donors (Lipinski definition) is 1. The number of nitrogens with one attached hydrogen (secondary N) is 1. The molecule has 1 amide bonds. The maximum absolute atomic E-state index is 12.2. The van der Waals surface area contributed by atoms with E-state index in [2.05, 4.69) is 19.2 Å². The summed E-state index contributed by atoms with van der Waals surface area (Å²) in [7, 11) is 0. The molecule has 138 valence electrons. The lowest BCUT2D eigenvalue weighted by Crippen LogP contribution is -2.31. The van der Waals surface area contributed by atoms with Gasteiger partial charge in [0.05, 0.1) is 0 Å². The molecule has 5 nitrogen and oxygen atoms in total. The van der Waals surface area contributed by atoms with E-state index in [1.54, 1.807) is 12.1 Å². The van der Waals surface area contributed by atoms with Crippen molar-refractivity contribution in [2.75, 3.05) is 11.9 Å². The quantitative estimate of drug-likeness (QED) is 0.723. The zero-order chi connectivity index (χ0) is 18.9. The summed E-state index contributed by atoms with van der Waals surface area (Å²) in [6, 6.07) is 16.6. The van der Waals surface area contributed by atoms with Crippen LogP contribution in [0.3, 0.4) is 0 Å². The number of anilines is 1. The Labute approximate surface area is 154 Å². The fraction of sp³-hybridized carbons (Fsp3) is 0.333. The minimum Gasteiger partial charge on any atom is -0.479 e. The lowest BCUT2D eigenvalue weighted by molar-refractivity contribution is -0.154. The predicted molar refractivity (Wildman–Crippen MR) is 101 cm³/mol. The van der Waals surface area contributed by atoms with Crippen LogP contribution < -0.4 is 10.1 Å². The molecular weight excluding hydrogens is 330 g/mol. The molecule has 0 heterocycles. The van der Waals surface area contributed by atoms with Crippen molar-refractivity contribution in [2.45, 2.75) is 39.2 Å². The van der Waals surface area contributed by atoms with Crippen molar-refractivity contribution < 1.29 is 19.1 Å². The van der Waals surface area contributed by atoms with E-state index in [9.17, 15) is 9.59 Å². The number of para-hydroxylation sites is 2. The van der Waals surface area contributed by atoms with Crippen LogP contribution in [0.15, 0.2) is 54.6 Å². The van der Waals surface area contributed by atoms with Gasteiger partial charge in [0.1, 0.15) is 5.75 Å². The number of carbonyl (C=O) groups is 2. The molecule has 0 bridgehead atoms. The zero-order valence-electron chi connectivity index (χ0n) is 15.4. The normalized spacial score (nSPS) is 11.7. The largest absolute Gasteiger partial charge is 0.479 e. The monoisotopic (exact) mass is 355 g/mol. The Balaban J connectivity index is 1.89. The van der Waals surface area contributed by atoms with Crippen LogP contribution >= 0.6 is 0 Å². The molecule has 1 N–H and O–H groups in total. The Morgan fingerprint density at radius 2 is 1.65 bits per heavy atom. The van der Waals surface area contributed by atoms with Crippen LogP contribution in [-0.2, 0) is 14.3 Å². The van der Waals surface area contributed by atoms with E-state index in [0.717, 1.165) is 11.3 Å². The molecule has 0 spiro atoms. The number of rotatable bonds is 8. The predicted octanol–water partition coefficient (Wildman–Crippen LogP) is 4.15. The van der Waals surface area contributed by atoms with E-state index in [4.69, 9.17) is 9.47 Å². The highest BCUT2D eigenvalue weighted by atomic mass is 16.6. The van der Waals surface area contributed by atoms with Gasteiger partial charge in [-0.3, -0.25) is 4.79 Å². The third kappa shape index (κ3) is 5.62. The van der Waals surface area contributed by atoms with E-state index < -0.39 is 12.1 Å². The third-order valence-corrected chi connectivity index (χ3v) is 3.86. The second kappa shape index (κ2) is 9.61. The molecule has 0 saturated carbocycles. The first-order valence-corrected chi connectivity index (χ1v) is 8.78. The highest BCUT2D eigenvalue weighted by Gasteiger charge is 2.21. The summed E-state index contributed by atoms with van der Waals surface area (Å²) in [4.78, 5) is 24.3. The van der Waals surface area contributed by atoms with Crippen molar-refractivity contribution in [1.82, 2.24) is 0 Å². The molecule has 1 atom stereocenters. The molecule has 0 radical (unpaired) electrons. The fourth-order valence-electron chi connectivity index (χ4n) is 2.49. The van der Waals surface area contributed by atoms with E-state index in [1.807, 2.05) is 49.4 Å². The minimum absolute atomic E-state index is 0.276. The van der Waals surface area contributed by atoms with Gasteiger partial charge < -0.3 is 14.8 Å². The Hall–Kier alpha value is -2.82. The lowest BCUT2D eigenvalue weighted by atomic mass is 10.0. The summed E-state index contributed by atoms with van der Waals surface area (Å²) in [6.45, 7) is 5.59. The molecule has 0 saturated heterocycles. The van der Waals surface area contributed by atoms with Crippen LogP contribution in [0.1, 0.15) is 38.7 Å². The van der Waals surface area contributed by atoms with Crippen LogP contribution in [0.2, 0.25) is 0 Å². The standard InChI is InChI=1S/C21H25NO4/c1-4-19(26-16-10-6-5-7-11-16)21(24)25-14-20(23)22-18-13-9-8-12-17(18)15(2)3/h5-13,15,19H,4,14H2,1-3H3,(H,22,23)/t19-/m0/s1. The Bertz CT molecular complexity index is 728. The highest BCUT2D eigenvalue weighted by Crippen LogP contribution is 2.23. The average molecular weight is 355 g/mol. The second-order valence-electron chi connectivity index (χ2n) is 6.23. The molecule has 2 aromatic carbocycles. The summed E-state index contributed by atoms with van der Waals surface area (Å²) in [6.07, 6.45) is -0.293. The second-order valence-corrected chi connectivity index (χ2v) is 6.23. The molecular formula is C21H25NO4. The van der Waals surface area contributed by atoms with Crippen LogP contribution in [0.25, 0.3) is 0 Å². The number of benzene rings is 2. The molecule has 26 heavy (non-hydrogen) atoms. The van der Waals surface area contributed by atoms with Crippen LogP contribution in [0, 0.1) is 0 Å². The van der Waals surface area contributed by atoms with Gasteiger partial charge >= 0.3 is 5.97 Å². The molecule has 0 aliphatic heterocycles. The van der Waals surface area contributed by atoms with Gasteiger partial charge in [-0.05, 0) is 36.1 Å². The van der Waals surface area contributed by atoms with Gasteiger partial charge in [-0.25, -0.2) is 4.79 Å². The average Bonchev–Trinajstić information content (AvgIpc) is 2.65. The summed E-state index contributed by atoms with van der Waals surface area (Å²) in [5.74, 6) is -0.0610. The minimum atomic E-state index is -0.742. The first-order valence-electron chi connectivity index (χ1n) is 8.78. The van der Waals surface area contributed by atoms with E-state index >= 15 is 0 Å². The van der Waals surface area contributed by atoms with Gasteiger partial charge in [0, 0.05) is 5.69 Å². The molecule has 5 heteroatoms. The van der Waals surface area contributed by atoms with Gasteiger partial charge in [-0.1, -0.05) is 57.2 Å². The number of amides is 1. The van der Waals surface area contributed by atoms with Gasteiger partial charge in [0.2, 0.25) is 0 Å². The molecule has 0 aliphatic rings. The SMILES string of the molecule is CC[C@H](Oc1ccccc1)C(=O)OCC(=O)Nc1ccccc1C(C)C. The Morgan fingerprint density at radius 1 is 1.00 bits per heavy atom. The molecule has 0 aromatic heterocycles. The topological polar surface area (TPSA) is 64.6 Å². The van der Waals surface area contributed by atoms with Gasteiger partial charge in [0.15, 0.2) is 12.7 Å². The number of hydrogen-bond acceptors (Lipinski definition) is 4. The van der Waals surface area contributed by atoms with Gasteiger partial charge in [0.25, 0.3) is 5.91 Å². The van der Waals surface area contributed by atoms with E-state index in [1.165, 1.54) is 0 Å². The zero-order valence-corrected chi connectivity index (χ0v) is 15.4. The molecule has 0 aliphatic carbocycles. The Kier molecular flexibility index (Phi) is 7.21. The van der Waals surface area contributed by atoms with E-state index in [0.29, 0.717) is 12.2 Å². The van der Waals surface area contributed by atoms with Crippen LogP contribution in [-0.4, -0.2) is 24.6 Å². The smallest absolute Gasteiger partial charge is 0.347 e. The molecule has 2 aromatic rings. The third-order valence-electron chi connectivity index (χ3n) is 3.86. The first-order chi connectivity index (χ1) is 12.5. The molecule has 2 rings (SSSR count). The highest BCUT2D eigenvalue weighted by molar-refractivity contribution is 5.93. The van der Waals surface area contributed by atoms with Crippen molar-refractivity contribution in [3.63, 3.8) is 0 Å². The summed E-state index contributed by atoms with van der Waals surface area (Å²) < 4.78 is 10.7. The first kappa shape index (κ1) is 19.5. The van der Waals surface area contributed by atoms with Crippen molar-refractivity contribution in [1.29, 1.82) is 0 Å². The maximum atomic E-state index is 12.2. The summed E-state index contributed by atoms with van der Waals surface area (Å²) in [5.41, 5.74) is 1.77. The van der Waals surface area contributed by atoms with Crippen molar-refractivity contribution in [2.24, 2.45) is 0 Å².